The average Bonchev–Trinajstić information content (AvgIpc) is 3.45. The third-order valence-corrected chi connectivity index (χ3v) is 7.60. The first-order valence-corrected chi connectivity index (χ1v) is 12.1. The third kappa shape index (κ3) is 4.81. The maximum Gasteiger partial charge on any atom is 0.263 e. The van der Waals surface area contributed by atoms with Crippen molar-refractivity contribution in [1.82, 2.24) is 15.2 Å². The lowest BCUT2D eigenvalue weighted by molar-refractivity contribution is 0.0169. The Balaban J connectivity index is 1.46. The van der Waals surface area contributed by atoms with Gasteiger partial charge in [0.15, 0.2) is 0 Å². The lowest BCUT2D eigenvalue weighted by Gasteiger charge is -2.34. The smallest absolute Gasteiger partial charge is 0.263 e. The van der Waals surface area contributed by atoms with E-state index >= 15 is 0 Å². The van der Waals surface area contributed by atoms with Gasteiger partial charge in [0.2, 0.25) is 0 Å². The van der Waals surface area contributed by atoms with Crippen molar-refractivity contribution in [2.45, 2.75) is 26.3 Å². The van der Waals surface area contributed by atoms with Crippen molar-refractivity contribution in [3.63, 3.8) is 0 Å². The number of thiophene rings is 1. The van der Waals surface area contributed by atoms with Crippen LogP contribution in [0.25, 0.3) is 10.6 Å². The number of hydrogen-bond acceptors (Lipinski definition) is 6. The monoisotopic (exact) mass is 441 g/mol. The standard InChI is InChI=1S/C23H27N3O2S2/c1-3-17-6-8-18(9-7-17)23-25-16(2)21(30-23)22(27)24-15-19(20-5-4-14-29-20)26-10-12-28-13-11-26/h4-9,14,19H,3,10-13,15H2,1-2H3,(H,24,27)/t19-/m1/s1. The quantitative estimate of drug-likeness (QED) is 0.585. The van der Waals surface area contributed by atoms with Gasteiger partial charge < -0.3 is 10.1 Å². The van der Waals surface area contributed by atoms with Gasteiger partial charge in [0, 0.05) is 30.1 Å². The molecule has 5 nitrogen and oxygen atoms in total. The van der Waals surface area contributed by atoms with Crippen LogP contribution in [0.5, 0.6) is 0 Å². The number of carbonyl (C=O) groups is 1. The molecule has 2 aromatic heterocycles. The number of morpholine rings is 1. The minimum Gasteiger partial charge on any atom is -0.379 e. The van der Waals surface area contributed by atoms with E-state index < -0.39 is 0 Å². The van der Waals surface area contributed by atoms with Gasteiger partial charge in [-0.25, -0.2) is 4.98 Å². The van der Waals surface area contributed by atoms with Crippen molar-refractivity contribution in [1.29, 1.82) is 0 Å². The van der Waals surface area contributed by atoms with Crippen LogP contribution in [0, 0.1) is 6.92 Å². The molecule has 4 rings (SSSR count). The first-order valence-electron chi connectivity index (χ1n) is 10.4. The molecular weight excluding hydrogens is 414 g/mol. The third-order valence-electron chi connectivity index (χ3n) is 5.43. The molecule has 0 unspecified atom stereocenters. The van der Waals surface area contributed by atoms with Crippen LogP contribution in [-0.4, -0.2) is 48.6 Å². The van der Waals surface area contributed by atoms with E-state index in [-0.39, 0.29) is 11.9 Å². The minimum atomic E-state index is -0.0451. The van der Waals surface area contributed by atoms with Crippen LogP contribution in [0.4, 0.5) is 0 Å². The van der Waals surface area contributed by atoms with Gasteiger partial charge in [0.05, 0.1) is 24.9 Å². The number of carbonyl (C=O) groups excluding carboxylic acids is 1. The van der Waals surface area contributed by atoms with Crippen molar-refractivity contribution in [3.8, 4) is 10.6 Å². The fraction of sp³-hybridized carbons (Fsp3) is 0.391. The summed E-state index contributed by atoms with van der Waals surface area (Å²) in [5, 5.41) is 6.15. The van der Waals surface area contributed by atoms with Crippen LogP contribution in [0.1, 0.15) is 38.8 Å². The number of amides is 1. The zero-order chi connectivity index (χ0) is 20.9. The first-order chi connectivity index (χ1) is 14.7. The molecule has 3 aromatic rings. The normalized spacial score (nSPS) is 15.8. The number of benzene rings is 1. The van der Waals surface area contributed by atoms with Crippen molar-refractivity contribution < 1.29 is 9.53 Å². The Kier molecular flexibility index (Phi) is 6.94. The molecule has 0 spiro atoms. The molecule has 1 N–H and O–H groups in total. The number of hydrogen-bond donors (Lipinski definition) is 1. The first kappa shape index (κ1) is 21.2. The van der Waals surface area contributed by atoms with Gasteiger partial charge in [0.1, 0.15) is 9.88 Å². The van der Waals surface area contributed by atoms with E-state index in [4.69, 9.17) is 4.74 Å². The minimum absolute atomic E-state index is 0.0451. The molecule has 1 aliphatic rings. The summed E-state index contributed by atoms with van der Waals surface area (Å²) < 4.78 is 5.50. The summed E-state index contributed by atoms with van der Waals surface area (Å²) in [7, 11) is 0. The van der Waals surface area contributed by atoms with Crippen LogP contribution in [0.3, 0.4) is 0 Å². The van der Waals surface area contributed by atoms with Gasteiger partial charge in [-0.3, -0.25) is 9.69 Å². The predicted octanol–water partition coefficient (Wildman–Crippen LogP) is 4.55. The SMILES string of the molecule is CCc1ccc(-c2nc(C)c(C(=O)NC[C@H](c3cccs3)N3CCOCC3)s2)cc1. The van der Waals surface area contributed by atoms with E-state index in [1.54, 1.807) is 11.3 Å². The Bertz CT molecular complexity index is 961. The van der Waals surface area contributed by atoms with Crippen molar-refractivity contribution in [2.24, 2.45) is 0 Å². The molecule has 30 heavy (non-hydrogen) atoms. The van der Waals surface area contributed by atoms with Gasteiger partial charge in [-0.1, -0.05) is 37.3 Å². The summed E-state index contributed by atoms with van der Waals surface area (Å²) in [6.07, 6.45) is 1.01. The highest BCUT2D eigenvalue weighted by Gasteiger charge is 2.25. The second kappa shape index (κ2) is 9.83. The molecule has 0 aliphatic carbocycles. The summed E-state index contributed by atoms with van der Waals surface area (Å²) >= 11 is 3.20. The topological polar surface area (TPSA) is 54.5 Å². The Labute approximate surface area is 185 Å². The fourth-order valence-electron chi connectivity index (χ4n) is 3.66. The van der Waals surface area contributed by atoms with Gasteiger partial charge in [-0.05, 0) is 30.4 Å². The van der Waals surface area contributed by atoms with E-state index in [1.165, 1.54) is 21.8 Å². The van der Waals surface area contributed by atoms with Crippen molar-refractivity contribution in [2.75, 3.05) is 32.8 Å². The molecular formula is C23H27N3O2S2. The highest BCUT2D eigenvalue weighted by molar-refractivity contribution is 7.17. The summed E-state index contributed by atoms with van der Waals surface area (Å²) in [5.41, 5.74) is 3.14. The number of aromatic nitrogens is 1. The molecule has 1 aliphatic heterocycles. The molecule has 7 heteroatoms. The second-order valence-corrected chi connectivity index (χ2v) is 9.35. The fourth-order valence-corrected chi connectivity index (χ4v) is 5.51. The summed E-state index contributed by atoms with van der Waals surface area (Å²) in [5.74, 6) is -0.0451. The van der Waals surface area contributed by atoms with E-state index in [0.29, 0.717) is 11.4 Å². The van der Waals surface area contributed by atoms with E-state index in [0.717, 1.165) is 49.0 Å². The molecule has 0 bridgehead atoms. The van der Waals surface area contributed by atoms with Gasteiger partial charge in [-0.2, -0.15) is 0 Å². The number of ether oxygens (including phenoxy) is 1. The zero-order valence-corrected chi connectivity index (χ0v) is 19.0. The largest absolute Gasteiger partial charge is 0.379 e. The lowest BCUT2D eigenvalue weighted by atomic mass is 10.1. The highest BCUT2D eigenvalue weighted by atomic mass is 32.1. The number of nitrogens with one attached hydrogen (secondary N) is 1. The average molecular weight is 442 g/mol. The number of nitrogens with zero attached hydrogens (tertiary/aromatic N) is 2. The second-order valence-electron chi connectivity index (χ2n) is 7.37. The molecule has 1 aromatic carbocycles. The highest BCUT2D eigenvalue weighted by Crippen LogP contribution is 2.29. The number of thiazole rings is 1. The zero-order valence-electron chi connectivity index (χ0n) is 17.4. The molecule has 0 radical (unpaired) electrons. The van der Waals surface area contributed by atoms with Gasteiger partial charge in [0.25, 0.3) is 5.91 Å². The van der Waals surface area contributed by atoms with Crippen LogP contribution in [0.2, 0.25) is 0 Å². The van der Waals surface area contributed by atoms with Crippen molar-refractivity contribution in [3.05, 3.63) is 62.8 Å². The predicted molar refractivity (Wildman–Crippen MR) is 123 cm³/mol. The summed E-state index contributed by atoms with van der Waals surface area (Å²) in [6.45, 7) is 7.89. The molecule has 158 valence electrons. The maximum absolute atomic E-state index is 13.0. The Morgan fingerprint density at radius 2 is 2.00 bits per heavy atom. The van der Waals surface area contributed by atoms with Gasteiger partial charge in [-0.15, -0.1) is 22.7 Å². The Hall–Kier alpha value is -2.06. The molecule has 1 saturated heterocycles. The van der Waals surface area contributed by atoms with E-state index in [2.05, 4.69) is 63.9 Å². The molecule has 3 heterocycles. The van der Waals surface area contributed by atoms with Crippen LogP contribution in [-0.2, 0) is 11.2 Å². The Morgan fingerprint density at radius 3 is 2.67 bits per heavy atom. The Morgan fingerprint density at radius 1 is 1.23 bits per heavy atom. The molecule has 1 amide bonds. The van der Waals surface area contributed by atoms with Crippen LogP contribution in [0.15, 0.2) is 41.8 Å². The molecule has 1 fully saturated rings. The van der Waals surface area contributed by atoms with E-state index in [1.807, 2.05) is 6.92 Å². The molecule has 0 saturated carbocycles. The summed E-state index contributed by atoms with van der Waals surface area (Å²) in [6, 6.07) is 12.8. The van der Waals surface area contributed by atoms with Crippen LogP contribution < -0.4 is 5.32 Å². The van der Waals surface area contributed by atoms with E-state index in [9.17, 15) is 4.79 Å². The van der Waals surface area contributed by atoms with Crippen LogP contribution >= 0.6 is 22.7 Å². The maximum atomic E-state index is 13.0. The lowest BCUT2D eigenvalue weighted by Crippen LogP contribution is -2.43. The summed E-state index contributed by atoms with van der Waals surface area (Å²) in [4.78, 5) is 22.0. The number of rotatable bonds is 7. The van der Waals surface area contributed by atoms with Crippen molar-refractivity contribution >= 4 is 28.6 Å². The van der Waals surface area contributed by atoms with Gasteiger partial charge >= 0.3 is 0 Å². The molecule has 1 atom stereocenters. The number of aryl methyl sites for hydroxylation is 2.